The van der Waals surface area contributed by atoms with Gasteiger partial charge in [-0.15, -0.1) is 0 Å². The lowest BCUT2D eigenvalue weighted by atomic mass is 10.0. The first-order valence-corrected chi connectivity index (χ1v) is 8.29. The van der Waals surface area contributed by atoms with Crippen molar-refractivity contribution in [2.24, 2.45) is 0 Å². The van der Waals surface area contributed by atoms with E-state index < -0.39 is 15.8 Å². The molecule has 0 atom stereocenters. The van der Waals surface area contributed by atoms with Gasteiger partial charge in [0, 0.05) is 5.69 Å². The number of hydrogen-bond donors (Lipinski definition) is 1. The van der Waals surface area contributed by atoms with Crippen LogP contribution < -0.4 is 4.72 Å². The van der Waals surface area contributed by atoms with Gasteiger partial charge in [0.05, 0.1) is 9.72 Å². The molecule has 18 heavy (non-hydrogen) atoms. The van der Waals surface area contributed by atoms with Crippen LogP contribution in [-0.4, -0.2) is 13.7 Å². The molecule has 100 valence electrons. The zero-order chi connectivity index (χ0) is 13.2. The van der Waals surface area contributed by atoms with E-state index in [-0.39, 0.29) is 9.72 Å². The lowest BCUT2D eigenvalue weighted by Gasteiger charge is -2.22. The van der Waals surface area contributed by atoms with Crippen molar-refractivity contribution in [3.63, 3.8) is 0 Å². The van der Waals surface area contributed by atoms with Crippen LogP contribution in [0.15, 0.2) is 22.7 Å². The first kappa shape index (κ1) is 13.8. The minimum atomic E-state index is -3.36. The summed E-state index contributed by atoms with van der Waals surface area (Å²) in [5, 5.41) is -0.324. The average Bonchev–Trinajstić information content (AvgIpc) is 2.35. The van der Waals surface area contributed by atoms with E-state index in [9.17, 15) is 12.8 Å². The Morgan fingerprint density at radius 3 is 2.50 bits per heavy atom. The van der Waals surface area contributed by atoms with Crippen LogP contribution in [-0.2, 0) is 10.0 Å². The second-order valence-electron chi connectivity index (χ2n) is 4.54. The number of rotatable bonds is 3. The predicted octanol–water partition coefficient (Wildman–Crippen LogP) is 3.66. The van der Waals surface area contributed by atoms with Gasteiger partial charge < -0.3 is 0 Å². The summed E-state index contributed by atoms with van der Waals surface area (Å²) in [7, 11) is -3.36. The molecule has 0 aromatic heterocycles. The normalized spacial score (nSPS) is 17.7. The first-order valence-electron chi connectivity index (χ1n) is 5.96. The van der Waals surface area contributed by atoms with E-state index in [1.54, 1.807) is 0 Å². The molecule has 1 aromatic carbocycles. The van der Waals surface area contributed by atoms with Crippen molar-refractivity contribution in [2.45, 2.75) is 37.4 Å². The summed E-state index contributed by atoms with van der Waals surface area (Å²) in [6.07, 6.45) is 4.43. The van der Waals surface area contributed by atoms with Gasteiger partial charge in [-0.05, 0) is 47.0 Å². The number of benzene rings is 1. The molecule has 1 N–H and O–H groups in total. The molecule has 0 radical (unpaired) electrons. The Balaban J connectivity index is 2.13. The zero-order valence-electron chi connectivity index (χ0n) is 9.83. The fourth-order valence-electron chi connectivity index (χ4n) is 2.18. The van der Waals surface area contributed by atoms with Gasteiger partial charge in [0.1, 0.15) is 5.82 Å². The fraction of sp³-hybridized carbons (Fsp3) is 0.500. The van der Waals surface area contributed by atoms with Gasteiger partial charge >= 0.3 is 0 Å². The first-order chi connectivity index (χ1) is 8.49. The Hall–Kier alpha value is -0.620. The van der Waals surface area contributed by atoms with Crippen molar-refractivity contribution in [2.75, 3.05) is 4.72 Å². The van der Waals surface area contributed by atoms with Crippen molar-refractivity contribution in [3.05, 3.63) is 28.5 Å². The molecule has 0 unspecified atom stereocenters. The standard InChI is InChI=1S/C12H15BrFNO2S/c13-11-8-9(6-7-12(11)14)15-18(16,17)10-4-2-1-3-5-10/h6-8,10,15H,1-5H2. The van der Waals surface area contributed by atoms with Crippen LogP contribution >= 0.6 is 15.9 Å². The van der Waals surface area contributed by atoms with Crippen LogP contribution in [0.1, 0.15) is 32.1 Å². The van der Waals surface area contributed by atoms with Gasteiger partial charge in [-0.3, -0.25) is 4.72 Å². The van der Waals surface area contributed by atoms with Crippen molar-refractivity contribution < 1.29 is 12.8 Å². The summed E-state index contributed by atoms with van der Waals surface area (Å²) in [4.78, 5) is 0. The average molecular weight is 336 g/mol. The van der Waals surface area contributed by atoms with Gasteiger partial charge in [0.2, 0.25) is 10.0 Å². The minimum Gasteiger partial charge on any atom is -0.283 e. The summed E-state index contributed by atoms with van der Waals surface area (Å²) in [6.45, 7) is 0. The summed E-state index contributed by atoms with van der Waals surface area (Å²) in [5.41, 5.74) is 0.397. The van der Waals surface area contributed by atoms with E-state index in [0.717, 1.165) is 19.3 Å². The number of nitrogens with one attached hydrogen (secondary N) is 1. The van der Waals surface area contributed by atoms with Crippen LogP contribution in [0.2, 0.25) is 0 Å². The fourth-order valence-corrected chi connectivity index (χ4v) is 4.14. The van der Waals surface area contributed by atoms with Crippen molar-refractivity contribution in [3.8, 4) is 0 Å². The molecular weight excluding hydrogens is 321 g/mol. The van der Waals surface area contributed by atoms with E-state index in [4.69, 9.17) is 0 Å². The molecule has 3 nitrogen and oxygen atoms in total. The minimum absolute atomic E-state index is 0.256. The molecule has 0 bridgehead atoms. The van der Waals surface area contributed by atoms with E-state index in [2.05, 4.69) is 20.7 Å². The Kier molecular flexibility index (Phi) is 4.27. The van der Waals surface area contributed by atoms with Crippen LogP contribution in [0, 0.1) is 5.82 Å². The summed E-state index contributed by atoms with van der Waals surface area (Å²) in [5.74, 6) is -0.407. The number of halogens is 2. The smallest absolute Gasteiger partial charge is 0.235 e. The van der Waals surface area contributed by atoms with Gasteiger partial charge in [0.15, 0.2) is 0 Å². The Bertz CT molecular complexity index is 527. The van der Waals surface area contributed by atoms with Crippen molar-refractivity contribution in [1.82, 2.24) is 0 Å². The summed E-state index contributed by atoms with van der Waals surface area (Å²) < 4.78 is 40.1. The summed E-state index contributed by atoms with van der Waals surface area (Å²) in [6, 6.07) is 4.11. The number of hydrogen-bond acceptors (Lipinski definition) is 2. The van der Waals surface area contributed by atoms with Gasteiger partial charge in [0.25, 0.3) is 0 Å². The molecule has 0 saturated heterocycles. The van der Waals surface area contributed by atoms with Crippen LogP contribution in [0.25, 0.3) is 0 Å². The predicted molar refractivity (Wildman–Crippen MR) is 73.5 cm³/mol. The van der Waals surface area contributed by atoms with E-state index in [1.807, 2.05) is 0 Å². The highest BCUT2D eigenvalue weighted by molar-refractivity contribution is 9.10. The molecule has 0 spiro atoms. The third-order valence-electron chi connectivity index (χ3n) is 3.17. The topological polar surface area (TPSA) is 46.2 Å². The number of anilines is 1. The highest BCUT2D eigenvalue weighted by Crippen LogP contribution is 2.26. The molecule has 1 aliphatic rings. The van der Waals surface area contributed by atoms with Gasteiger partial charge in [-0.2, -0.15) is 0 Å². The molecule has 0 aliphatic heterocycles. The van der Waals surface area contributed by atoms with Gasteiger partial charge in [-0.25, -0.2) is 12.8 Å². The molecule has 6 heteroatoms. The molecule has 0 amide bonds. The maximum atomic E-state index is 13.1. The second-order valence-corrected chi connectivity index (χ2v) is 7.35. The van der Waals surface area contributed by atoms with E-state index >= 15 is 0 Å². The Morgan fingerprint density at radius 2 is 1.89 bits per heavy atom. The molecule has 1 fully saturated rings. The SMILES string of the molecule is O=S(=O)(Nc1ccc(F)c(Br)c1)C1CCCCC1. The molecular formula is C12H15BrFNO2S. The van der Waals surface area contributed by atoms with E-state index in [1.165, 1.54) is 18.2 Å². The Morgan fingerprint density at radius 1 is 1.22 bits per heavy atom. The zero-order valence-corrected chi connectivity index (χ0v) is 12.2. The highest BCUT2D eigenvalue weighted by atomic mass is 79.9. The third-order valence-corrected chi connectivity index (χ3v) is 5.65. The third kappa shape index (κ3) is 3.23. The molecule has 2 rings (SSSR count). The maximum Gasteiger partial charge on any atom is 0.235 e. The Labute approximate surface area is 115 Å². The quantitative estimate of drug-likeness (QED) is 0.916. The largest absolute Gasteiger partial charge is 0.283 e. The molecule has 1 aliphatic carbocycles. The van der Waals surface area contributed by atoms with E-state index in [0.29, 0.717) is 18.5 Å². The second kappa shape index (κ2) is 5.57. The van der Waals surface area contributed by atoms with Crippen LogP contribution in [0.3, 0.4) is 0 Å². The number of sulfonamides is 1. The van der Waals surface area contributed by atoms with Crippen molar-refractivity contribution >= 4 is 31.6 Å². The summed E-state index contributed by atoms with van der Waals surface area (Å²) >= 11 is 3.04. The molecule has 1 aromatic rings. The van der Waals surface area contributed by atoms with Crippen LogP contribution in [0.5, 0.6) is 0 Å². The lowest BCUT2D eigenvalue weighted by Crippen LogP contribution is -2.29. The van der Waals surface area contributed by atoms with Crippen LogP contribution in [0.4, 0.5) is 10.1 Å². The molecule has 0 heterocycles. The highest BCUT2D eigenvalue weighted by Gasteiger charge is 2.27. The molecule has 1 saturated carbocycles. The monoisotopic (exact) mass is 335 g/mol. The van der Waals surface area contributed by atoms with Crippen molar-refractivity contribution in [1.29, 1.82) is 0 Å². The maximum absolute atomic E-state index is 13.1. The van der Waals surface area contributed by atoms with Gasteiger partial charge in [-0.1, -0.05) is 19.3 Å². The lowest BCUT2D eigenvalue weighted by molar-refractivity contribution is 0.486.